The van der Waals surface area contributed by atoms with Crippen LogP contribution in [0.5, 0.6) is 11.5 Å². The number of terminal acetylenes is 1. The van der Waals surface area contributed by atoms with Gasteiger partial charge in [-0.3, -0.25) is 4.79 Å². The SMILES string of the molecule is C#CCOc1cc(Br)c(C=C2SC(N)=NC2=O)cc1OCC. The molecule has 0 aliphatic carbocycles. The molecule has 7 heteroatoms. The predicted molar refractivity (Wildman–Crippen MR) is 91.8 cm³/mol. The monoisotopic (exact) mass is 380 g/mol. The Morgan fingerprint density at radius 3 is 2.77 bits per heavy atom. The number of thioether (sulfide) groups is 1. The highest BCUT2D eigenvalue weighted by atomic mass is 79.9. The van der Waals surface area contributed by atoms with E-state index in [0.29, 0.717) is 23.0 Å². The largest absolute Gasteiger partial charge is 0.490 e. The number of nitrogens with zero attached hydrogens (tertiary/aromatic N) is 1. The van der Waals surface area contributed by atoms with Crippen LogP contribution in [0.3, 0.4) is 0 Å². The number of ether oxygens (including phenoxy) is 2. The van der Waals surface area contributed by atoms with Gasteiger partial charge in [0.2, 0.25) is 0 Å². The van der Waals surface area contributed by atoms with Crippen molar-refractivity contribution in [3.8, 4) is 23.8 Å². The first-order valence-electron chi connectivity index (χ1n) is 6.35. The fraction of sp³-hybridized carbons (Fsp3) is 0.200. The topological polar surface area (TPSA) is 73.9 Å². The maximum atomic E-state index is 11.7. The van der Waals surface area contributed by atoms with Gasteiger partial charge in [0.25, 0.3) is 5.91 Å². The molecule has 2 N–H and O–H groups in total. The first-order chi connectivity index (χ1) is 10.5. The zero-order chi connectivity index (χ0) is 16.1. The van der Waals surface area contributed by atoms with Gasteiger partial charge in [-0.15, -0.1) is 6.42 Å². The third-order valence-electron chi connectivity index (χ3n) is 2.60. The van der Waals surface area contributed by atoms with E-state index in [1.807, 2.05) is 6.92 Å². The summed E-state index contributed by atoms with van der Waals surface area (Å²) in [5.74, 6) is 3.15. The Hall–Kier alpha value is -1.91. The van der Waals surface area contributed by atoms with Gasteiger partial charge in [-0.2, -0.15) is 4.99 Å². The summed E-state index contributed by atoms with van der Waals surface area (Å²) in [7, 11) is 0. The summed E-state index contributed by atoms with van der Waals surface area (Å²) >= 11 is 4.58. The lowest BCUT2D eigenvalue weighted by Crippen LogP contribution is -2.01. The quantitative estimate of drug-likeness (QED) is 0.627. The number of nitrogens with two attached hydrogens (primary N) is 1. The van der Waals surface area contributed by atoms with E-state index in [4.69, 9.17) is 21.6 Å². The molecule has 22 heavy (non-hydrogen) atoms. The van der Waals surface area contributed by atoms with E-state index >= 15 is 0 Å². The molecule has 0 saturated heterocycles. The second-order valence-corrected chi connectivity index (χ2v) is 6.03. The molecule has 0 saturated carbocycles. The third kappa shape index (κ3) is 3.84. The molecule has 0 bridgehead atoms. The second-order valence-electron chi connectivity index (χ2n) is 4.11. The molecule has 0 unspecified atom stereocenters. The van der Waals surface area contributed by atoms with Crippen molar-refractivity contribution in [3.05, 3.63) is 27.1 Å². The lowest BCUT2D eigenvalue weighted by molar-refractivity contribution is -0.113. The number of benzene rings is 1. The van der Waals surface area contributed by atoms with Crippen LogP contribution in [0.2, 0.25) is 0 Å². The van der Waals surface area contributed by atoms with Gasteiger partial charge in [0.1, 0.15) is 6.61 Å². The van der Waals surface area contributed by atoms with E-state index < -0.39 is 0 Å². The molecule has 0 aromatic heterocycles. The molecule has 0 fully saturated rings. The van der Waals surface area contributed by atoms with Gasteiger partial charge in [-0.1, -0.05) is 21.9 Å². The summed E-state index contributed by atoms with van der Waals surface area (Å²) in [5, 5.41) is 0.242. The van der Waals surface area contributed by atoms with Crippen LogP contribution in [-0.4, -0.2) is 24.3 Å². The molecule has 1 aliphatic rings. The van der Waals surface area contributed by atoms with Gasteiger partial charge in [0.05, 0.1) is 11.5 Å². The Kier molecular flexibility index (Phi) is 5.52. The Morgan fingerprint density at radius 2 is 2.18 bits per heavy atom. The maximum absolute atomic E-state index is 11.7. The summed E-state index contributed by atoms with van der Waals surface area (Å²) in [6.07, 6.45) is 6.91. The highest BCUT2D eigenvalue weighted by molar-refractivity contribution is 9.10. The number of aliphatic imine (C=N–C) groups is 1. The van der Waals surface area contributed by atoms with Crippen molar-refractivity contribution in [2.45, 2.75) is 6.92 Å². The fourth-order valence-electron chi connectivity index (χ4n) is 1.73. The third-order valence-corrected chi connectivity index (χ3v) is 4.10. The summed E-state index contributed by atoms with van der Waals surface area (Å²) in [6.45, 7) is 2.50. The Bertz CT molecular complexity index is 707. The van der Waals surface area contributed by atoms with E-state index in [9.17, 15) is 4.79 Å². The predicted octanol–water partition coefficient (Wildman–Crippen LogP) is 2.79. The Morgan fingerprint density at radius 1 is 1.45 bits per heavy atom. The van der Waals surface area contributed by atoms with E-state index in [-0.39, 0.29) is 17.7 Å². The summed E-state index contributed by atoms with van der Waals surface area (Å²) in [5.41, 5.74) is 6.30. The van der Waals surface area contributed by atoms with E-state index in [2.05, 4.69) is 26.8 Å². The van der Waals surface area contributed by atoms with Gasteiger partial charge in [-0.05, 0) is 42.5 Å². The molecule has 114 valence electrons. The van der Waals surface area contributed by atoms with E-state index in [1.165, 1.54) is 0 Å². The summed E-state index contributed by atoms with van der Waals surface area (Å²) < 4.78 is 11.8. The first kappa shape index (κ1) is 16.5. The number of hydrogen-bond donors (Lipinski definition) is 1. The van der Waals surface area contributed by atoms with Crippen molar-refractivity contribution in [2.75, 3.05) is 13.2 Å². The van der Waals surface area contributed by atoms with Gasteiger partial charge in [0.15, 0.2) is 16.7 Å². The van der Waals surface area contributed by atoms with Crippen LogP contribution in [0.15, 0.2) is 26.5 Å². The van der Waals surface area contributed by atoms with Gasteiger partial charge in [0, 0.05) is 4.47 Å². The number of amides is 1. The van der Waals surface area contributed by atoms with Crippen molar-refractivity contribution in [1.29, 1.82) is 0 Å². The molecule has 0 spiro atoms. The molecule has 1 aromatic rings. The lowest BCUT2D eigenvalue weighted by Gasteiger charge is -2.12. The average molecular weight is 381 g/mol. The van der Waals surface area contributed by atoms with E-state index in [1.54, 1.807) is 18.2 Å². The first-order valence-corrected chi connectivity index (χ1v) is 7.96. The minimum absolute atomic E-state index is 0.145. The summed E-state index contributed by atoms with van der Waals surface area (Å²) in [6, 6.07) is 3.53. The molecule has 5 nitrogen and oxygen atoms in total. The number of carbonyl (C=O) groups is 1. The molecular weight excluding hydrogens is 368 g/mol. The van der Waals surface area contributed by atoms with Crippen LogP contribution in [-0.2, 0) is 4.79 Å². The number of rotatable bonds is 5. The highest BCUT2D eigenvalue weighted by Crippen LogP contribution is 2.36. The van der Waals surface area contributed by atoms with Crippen LogP contribution in [0, 0.1) is 12.3 Å². The average Bonchev–Trinajstić information content (AvgIpc) is 2.79. The fourth-order valence-corrected chi connectivity index (χ4v) is 2.84. The summed E-state index contributed by atoms with van der Waals surface area (Å²) in [4.78, 5) is 15.8. The maximum Gasteiger partial charge on any atom is 0.286 e. The van der Waals surface area contributed by atoms with Gasteiger partial charge >= 0.3 is 0 Å². The molecule has 0 radical (unpaired) electrons. The van der Waals surface area contributed by atoms with Crippen LogP contribution < -0.4 is 15.2 Å². The molecule has 1 heterocycles. The van der Waals surface area contributed by atoms with Crippen LogP contribution in [0.4, 0.5) is 0 Å². The van der Waals surface area contributed by atoms with E-state index in [0.717, 1.165) is 21.8 Å². The standard InChI is InChI=1S/C15H13BrN2O3S/c1-3-5-21-12-8-10(16)9(6-11(12)20-4-2)7-13-14(19)18-15(17)22-13/h1,6-8H,4-5H2,2H3,(H2,17,18,19). The molecule has 1 amide bonds. The van der Waals surface area contributed by atoms with Crippen molar-refractivity contribution < 1.29 is 14.3 Å². The zero-order valence-corrected chi connectivity index (χ0v) is 14.2. The molecule has 1 aliphatic heterocycles. The molecule has 2 rings (SSSR count). The van der Waals surface area contributed by atoms with Crippen molar-refractivity contribution in [3.63, 3.8) is 0 Å². The van der Waals surface area contributed by atoms with Gasteiger partial charge in [-0.25, -0.2) is 0 Å². The zero-order valence-electron chi connectivity index (χ0n) is 11.8. The number of halogens is 1. The Labute approximate surface area is 141 Å². The molecule has 0 atom stereocenters. The van der Waals surface area contributed by atoms with Crippen molar-refractivity contribution in [1.82, 2.24) is 0 Å². The molecule has 1 aromatic carbocycles. The second kappa shape index (κ2) is 7.38. The Balaban J connectivity index is 2.37. The van der Waals surface area contributed by atoms with Crippen molar-refractivity contribution >= 4 is 44.8 Å². The minimum Gasteiger partial charge on any atom is -0.490 e. The minimum atomic E-state index is -0.347. The smallest absolute Gasteiger partial charge is 0.286 e. The van der Waals surface area contributed by atoms with Crippen LogP contribution in [0.25, 0.3) is 6.08 Å². The van der Waals surface area contributed by atoms with Crippen molar-refractivity contribution in [2.24, 2.45) is 10.7 Å². The van der Waals surface area contributed by atoms with Crippen LogP contribution >= 0.6 is 27.7 Å². The molecular formula is C15H13BrN2O3S. The number of amidine groups is 1. The van der Waals surface area contributed by atoms with Gasteiger partial charge < -0.3 is 15.2 Å². The van der Waals surface area contributed by atoms with Crippen LogP contribution in [0.1, 0.15) is 12.5 Å². The number of hydrogen-bond acceptors (Lipinski definition) is 5. The normalized spacial score (nSPS) is 15.6. The highest BCUT2D eigenvalue weighted by Gasteiger charge is 2.20. The number of carbonyl (C=O) groups excluding carboxylic acids is 1. The lowest BCUT2D eigenvalue weighted by atomic mass is 10.2.